The number of pyridine rings is 1. The SMILES string of the molecule is COc1cccc(-c2cc(-c3ccc(N)cc3)nc3sc(C(=O)Nc4c[n+](C5CC5)no4)c(N)c23)c1. The van der Waals surface area contributed by atoms with Crippen LogP contribution in [0.3, 0.4) is 0 Å². The molecule has 0 spiro atoms. The van der Waals surface area contributed by atoms with Gasteiger partial charge in [0, 0.05) is 29.5 Å². The highest BCUT2D eigenvalue weighted by Gasteiger charge is 2.36. The number of amides is 1. The van der Waals surface area contributed by atoms with Gasteiger partial charge in [-0.3, -0.25) is 14.6 Å². The highest BCUT2D eigenvalue weighted by Crippen LogP contribution is 2.42. The summed E-state index contributed by atoms with van der Waals surface area (Å²) < 4.78 is 12.4. The van der Waals surface area contributed by atoms with Gasteiger partial charge in [-0.25, -0.2) is 4.98 Å². The van der Waals surface area contributed by atoms with Crippen molar-refractivity contribution in [3.8, 4) is 28.1 Å². The second kappa shape index (κ2) is 8.65. The van der Waals surface area contributed by atoms with Crippen molar-refractivity contribution >= 4 is 44.7 Å². The number of anilines is 3. The number of benzene rings is 2. The second-order valence-corrected chi connectivity index (χ2v) is 9.66. The number of nitrogens with one attached hydrogen (secondary N) is 1. The summed E-state index contributed by atoms with van der Waals surface area (Å²) in [6, 6.07) is 17.5. The molecular formula is C26H23N6O3S+. The maximum Gasteiger partial charge on any atom is 0.302 e. The van der Waals surface area contributed by atoms with Gasteiger partial charge in [0.1, 0.15) is 15.5 Å². The zero-order chi connectivity index (χ0) is 24.8. The maximum absolute atomic E-state index is 13.2. The third kappa shape index (κ3) is 4.01. The molecule has 3 heterocycles. The molecule has 6 rings (SSSR count). The van der Waals surface area contributed by atoms with Crippen LogP contribution in [0.5, 0.6) is 5.75 Å². The van der Waals surface area contributed by atoms with Gasteiger partial charge in [-0.2, -0.15) is 0 Å². The molecule has 2 aromatic carbocycles. The molecule has 0 saturated heterocycles. The van der Waals surface area contributed by atoms with E-state index in [1.54, 1.807) is 18.0 Å². The van der Waals surface area contributed by atoms with E-state index in [1.807, 2.05) is 54.6 Å². The van der Waals surface area contributed by atoms with Gasteiger partial charge in [0.05, 0.1) is 18.5 Å². The Morgan fingerprint density at radius 3 is 2.69 bits per heavy atom. The lowest BCUT2D eigenvalue weighted by Gasteiger charge is -2.10. The number of carbonyl (C=O) groups excluding carboxylic acids is 1. The van der Waals surface area contributed by atoms with Crippen LogP contribution in [0.15, 0.2) is 65.3 Å². The molecule has 180 valence electrons. The summed E-state index contributed by atoms with van der Waals surface area (Å²) in [6.07, 6.45) is 3.81. The summed E-state index contributed by atoms with van der Waals surface area (Å²) >= 11 is 1.23. The van der Waals surface area contributed by atoms with E-state index >= 15 is 0 Å². The van der Waals surface area contributed by atoms with Crippen LogP contribution in [0, 0.1) is 0 Å². The number of rotatable bonds is 6. The summed E-state index contributed by atoms with van der Waals surface area (Å²) in [6.45, 7) is 0. The molecule has 36 heavy (non-hydrogen) atoms. The number of hydrogen-bond acceptors (Lipinski definition) is 8. The van der Waals surface area contributed by atoms with Gasteiger partial charge in [-0.1, -0.05) is 24.3 Å². The van der Waals surface area contributed by atoms with Crippen LogP contribution >= 0.6 is 11.3 Å². The minimum Gasteiger partial charge on any atom is -0.497 e. The third-order valence-electron chi connectivity index (χ3n) is 6.13. The molecule has 1 aliphatic rings. The average molecular weight is 500 g/mol. The van der Waals surface area contributed by atoms with E-state index in [0.717, 1.165) is 35.2 Å². The highest BCUT2D eigenvalue weighted by molar-refractivity contribution is 7.21. The fourth-order valence-corrected chi connectivity index (χ4v) is 5.12. The quantitative estimate of drug-likeness (QED) is 0.228. The number of fused-ring (bicyclic) bond motifs is 1. The highest BCUT2D eigenvalue weighted by atomic mass is 32.1. The van der Waals surface area contributed by atoms with E-state index in [1.165, 1.54) is 11.3 Å². The predicted octanol–water partition coefficient (Wildman–Crippen LogP) is 4.67. The summed E-state index contributed by atoms with van der Waals surface area (Å²) in [5.41, 5.74) is 16.9. The number of ether oxygens (including phenoxy) is 1. The number of methoxy groups -OCH3 is 1. The van der Waals surface area contributed by atoms with E-state index in [0.29, 0.717) is 38.3 Å². The first-order valence-electron chi connectivity index (χ1n) is 11.4. The minimum atomic E-state index is -0.375. The number of nitrogen functional groups attached to an aromatic ring is 2. The van der Waals surface area contributed by atoms with Gasteiger partial charge in [-0.05, 0) is 46.1 Å². The van der Waals surface area contributed by atoms with Crippen LogP contribution in [0.1, 0.15) is 28.6 Å². The minimum absolute atomic E-state index is 0.271. The molecule has 0 atom stereocenters. The van der Waals surface area contributed by atoms with Crippen molar-refractivity contribution in [3.05, 3.63) is 65.7 Å². The zero-order valence-electron chi connectivity index (χ0n) is 19.4. The van der Waals surface area contributed by atoms with E-state index in [-0.39, 0.29) is 11.8 Å². The number of aromatic nitrogens is 3. The Labute approximate surface area is 210 Å². The van der Waals surface area contributed by atoms with Crippen molar-refractivity contribution in [1.29, 1.82) is 0 Å². The van der Waals surface area contributed by atoms with E-state index in [4.69, 9.17) is 25.7 Å². The number of nitrogens with zero attached hydrogens (tertiary/aromatic N) is 3. The smallest absolute Gasteiger partial charge is 0.302 e. The van der Waals surface area contributed by atoms with Crippen LogP contribution in [0.4, 0.5) is 17.3 Å². The van der Waals surface area contributed by atoms with Crippen LogP contribution in [-0.4, -0.2) is 23.3 Å². The van der Waals surface area contributed by atoms with E-state index in [2.05, 4.69) is 10.6 Å². The summed E-state index contributed by atoms with van der Waals surface area (Å²) in [7, 11) is 1.62. The van der Waals surface area contributed by atoms with Crippen molar-refractivity contribution in [2.45, 2.75) is 18.9 Å². The van der Waals surface area contributed by atoms with Gasteiger partial charge < -0.3 is 16.2 Å². The zero-order valence-corrected chi connectivity index (χ0v) is 20.2. The normalized spacial score (nSPS) is 13.1. The molecule has 1 amide bonds. The molecule has 0 bridgehead atoms. The molecule has 1 aliphatic carbocycles. The Balaban J connectivity index is 1.47. The van der Waals surface area contributed by atoms with Gasteiger partial charge in [0.15, 0.2) is 6.04 Å². The fourth-order valence-electron chi connectivity index (χ4n) is 4.10. The number of hydrogen-bond donors (Lipinski definition) is 3. The van der Waals surface area contributed by atoms with Crippen LogP contribution in [0.25, 0.3) is 32.6 Å². The second-order valence-electron chi connectivity index (χ2n) is 8.67. The lowest BCUT2D eigenvalue weighted by molar-refractivity contribution is -0.765. The number of thiophene rings is 1. The maximum atomic E-state index is 13.2. The molecule has 1 saturated carbocycles. The lowest BCUT2D eigenvalue weighted by Crippen LogP contribution is -2.32. The lowest BCUT2D eigenvalue weighted by atomic mass is 9.99. The monoisotopic (exact) mass is 499 g/mol. The van der Waals surface area contributed by atoms with Gasteiger partial charge in [0.2, 0.25) is 5.27 Å². The van der Waals surface area contributed by atoms with Crippen LogP contribution in [0.2, 0.25) is 0 Å². The Kier molecular flexibility index (Phi) is 5.30. The first kappa shape index (κ1) is 22.1. The van der Waals surface area contributed by atoms with Crippen LogP contribution in [-0.2, 0) is 0 Å². The van der Waals surface area contributed by atoms with Gasteiger partial charge in [0.25, 0.3) is 12.1 Å². The Bertz CT molecular complexity index is 1600. The van der Waals surface area contributed by atoms with Crippen molar-refractivity contribution < 1.29 is 18.7 Å². The molecule has 0 radical (unpaired) electrons. The van der Waals surface area contributed by atoms with Crippen molar-refractivity contribution in [3.63, 3.8) is 0 Å². The molecule has 1 fully saturated rings. The summed E-state index contributed by atoms with van der Waals surface area (Å²) in [5.74, 6) is 0.611. The van der Waals surface area contributed by atoms with Gasteiger partial charge in [-0.15, -0.1) is 11.3 Å². The molecule has 10 heteroatoms. The molecular weight excluding hydrogens is 476 g/mol. The Hall–Kier alpha value is -4.44. The standard InChI is InChI=1S/C26H22N6O3S/c1-34-18-4-2-3-15(11-18)19-12-20(14-5-7-16(27)8-6-14)29-26-22(19)23(28)24(36-26)25(33)30-21-13-32(31-35-21)17-9-10-17/h2-8,11-13,17H,9-10H2,1H3,(H4-,27,28,29,30,31,33)/p+1. The fraction of sp³-hybridized carbons (Fsp3) is 0.154. The topological polar surface area (TPSA) is 133 Å². The van der Waals surface area contributed by atoms with Crippen molar-refractivity contribution in [2.75, 3.05) is 23.9 Å². The third-order valence-corrected chi connectivity index (χ3v) is 7.23. The Morgan fingerprint density at radius 1 is 1.14 bits per heavy atom. The van der Waals surface area contributed by atoms with Gasteiger partial charge >= 0.3 is 5.88 Å². The van der Waals surface area contributed by atoms with Crippen molar-refractivity contribution in [2.24, 2.45) is 0 Å². The Morgan fingerprint density at radius 2 is 1.94 bits per heavy atom. The van der Waals surface area contributed by atoms with E-state index < -0.39 is 0 Å². The molecule has 9 nitrogen and oxygen atoms in total. The number of nitrogens with two attached hydrogens (primary N) is 2. The molecule has 0 aliphatic heterocycles. The summed E-state index contributed by atoms with van der Waals surface area (Å²) in [5, 5.41) is 7.46. The number of carbonyl (C=O) groups is 1. The molecule has 5 aromatic rings. The average Bonchev–Trinajstić information content (AvgIpc) is 3.55. The molecule has 5 N–H and O–H groups in total. The predicted molar refractivity (Wildman–Crippen MR) is 139 cm³/mol. The molecule has 3 aromatic heterocycles. The van der Waals surface area contributed by atoms with E-state index in [9.17, 15) is 4.79 Å². The van der Waals surface area contributed by atoms with Crippen molar-refractivity contribution in [1.82, 2.24) is 10.3 Å². The van der Waals surface area contributed by atoms with Crippen LogP contribution < -0.4 is 26.2 Å². The largest absolute Gasteiger partial charge is 0.497 e. The first-order chi connectivity index (χ1) is 17.5. The summed E-state index contributed by atoms with van der Waals surface area (Å²) in [4.78, 5) is 19.1. The molecule has 0 unspecified atom stereocenters. The first-order valence-corrected chi connectivity index (χ1v) is 12.2.